The molecule has 2 rings (SSSR count). The van der Waals surface area contributed by atoms with Crippen molar-refractivity contribution in [1.29, 1.82) is 0 Å². The Labute approximate surface area is 132 Å². The van der Waals surface area contributed by atoms with Crippen LogP contribution >= 0.6 is 27.3 Å². The zero-order valence-electron chi connectivity index (χ0n) is 11.7. The molecule has 1 heterocycles. The molecule has 0 fully saturated rings. The smallest absolute Gasteiger partial charge is 0.263 e. The summed E-state index contributed by atoms with van der Waals surface area (Å²) in [5.74, 6) is 0. The minimum atomic E-state index is -3.55. The average molecular weight is 374 g/mol. The van der Waals surface area contributed by atoms with E-state index >= 15 is 0 Å². The first-order chi connectivity index (χ1) is 9.20. The topological polar surface area (TPSA) is 46.2 Å². The Morgan fingerprint density at radius 1 is 1.05 bits per heavy atom. The lowest BCUT2D eigenvalue weighted by atomic mass is 10.1. The van der Waals surface area contributed by atoms with Gasteiger partial charge < -0.3 is 0 Å². The first-order valence-electron chi connectivity index (χ1n) is 6.07. The fourth-order valence-corrected chi connectivity index (χ4v) is 5.85. The zero-order valence-corrected chi connectivity index (χ0v) is 15.0. The number of thiophene rings is 1. The quantitative estimate of drug-likeness (QED) is 0.857. The molecule has 0 aliphatic heterocycles. The molecule has 0 spiro atoms. The molecule has 0 bridgehead atoms. The Kier molecular flexibility index (Phi) is 4.27. The summed E-state index contributed by atoms with van der Waals surface area (Å²) >= 11 is 4.74. The summed E-state index contributed by atoms with van der Waals surface area (Å²) in [5.41, 5.74) is 3.64. The predicted octanol–water partition coefficient (Wildman–Crippen LogP) is 4.55. The van der Waals surface area contributed by atoms with Crippen LogP contribution in [-0.4, -0.2) is 8.42 Å². The van der Waals surface area contributed by atoms with Crippen molar-refractivity contribution in [2.24, 2.45) is 0 Å². The van der Waals surface area contributed by atoms with Crippen LogP contribution in [-0.2, 0) is 10.0 Å². The highest BCUT2D eigenvalue weighted by Crippen LogP contribution is 2.32. The van der Waals surface area contributed by atoms with Gasteiger partial charge in [-0.15, -0.1) is 11.3 Å². The molecule has 3 nitrogen and oxygen atoms in total. The third kappa shape index (κ3) is 3.07. The molecule has 0 saturated carbocycles. The average Bonchev–Trinajstić information content (AvgIpc) is 2.64. The van der Waals surface area contributed by atoms with Gasteiger partial charge in [-0.05, 0) is 60.8 Å². The number of anilines is 1. The van der Waals surface area contributed by atoms with Gasteiger partial charge in [-0.3, -0.25) is 4.72 Å². The monoisotopic (exact) mass is 373 g/mol. The van der Waals surface area contributed by atoms with E-state index in [2.05, 4.69) is 20.7 Å². The van der Waals surface area contributed by atoms with Crippen molar-refractivity contribution >= 4 is 43.0 Å². The van der Waals surface area contributed by atoms with Gasteiger partial charge in [0.15, 0.2) is 0 Å². The van der Waals surface area contributed by atoms with Crippen LogP contribution in [0.1, 0.15) is 21.6 Å². The molecule has 0 unspecified atom stereocenters. The van der Waals surface area contributed by atoms with Gasteiger partial charge in [-0.25, -0.2) is 8.42 Å². The molecule has 108 valence electrons. The first-order valence-corrected chi connectivity index (χ1v) is 9.16. The zero-order chi connectivity index (χ0) is 15.1. The number of sulfonamides is 1. The van der Waals surface area contributed by atoms with Gasteiger partial charge in [0, 0.05) is 4.88 Å². The third-order valence-electron chi connectivity index (χ3n) is 3.05. The second-order valence-corrected chi connectivity index (χ2v) is 9.14. The summed E-state index contributed by atoms with van der Waals surface area (Å²) in [6.07, 6.45) is 0. The Hall–Kier alpha value is -0.850. The number of hydrogen-bond donors (Lipinski definition) is 1. The van der Waals surface area contributed by atoms with Crippen LogP contribution in [0.5, 0.6) is 0 Å². The minimum Gasteiger partial charge on any atom is -0.279 e. The van der Waals surface area contributed by atoms with Gasteiger partial charge in [0.05, 0.1) is 9.47 Å². The number of rotatable bonds is 3. The number of nitrogens with one attached hydrogen (secondary N) is 1. The molecule has 1 aromatic carbocycles. The molecule has 0 aliphatic rings. The van der Waals surface area contributed by atoms with E-state index in [4.69, 9.17) is 0 Å². The normalized spacial score (nSPS) is 11.7. The van der Waals surface area contributed by atoms with Crippen molar-refractivity contribution in [2.75, 3.05) is 4.72 Å². The maximum Gasteiger partial charge on any atom is 0.263 e. The van der Waals surface area contributed by atoms with Crippen molar-refractivity contribution in [3.63, 3.8) is 0 Å². The molecular formula is C14H16BrNO2S2. The van der Waals surface area contributed by atoms with E-state index in [0.717, 1.165) is 25.4 Å². The van der Waals surface area contributed by atoms with Crippen LogP contribution in [0, 0.1) is 27.7 Å². The van der Waals surface area contributed by atoms with Gasteiger partial charge in [0.1, 0.15) is 4.90 Å². The molecule has 0 saturated heterocycles. The highest BCUT2D eigenvalue weighted by atomic mass is 79.9. The highest BCUT2D eigenvalue weighted by Gasteiger charge is 2.21. The molecule has 0 amide bonds. The third-order valence-corrected chi connectivity index (χ3v) is 6.20. The summed E-state index contributed by atoms with van der Waals surface area (Å²) in [4.78, 5) is 1.10. The standard InChI is InChI=1S/C14H16BrNO2S2/c1-8-5-9(2)14(10(3)6-8)16-20(17,18)12-7-13(15)19-11(12)4/h5-7,16H,1-4H3. The summed E-state index contributed by atoms with van der Waals surface area (Å²) in [6.45, 7) is 7.62. The minimum absolute atomic E-state index is 0.328. The molecule has 1 aromatic heterocycles. The van der Waals surface area contributed by atoms with E-state index in [1.807, 2.05) is 32.9 Å². The number of halogens is 1. The number of hydrogen-bond acceptors (Lipinski definition) is 3. The van der Waals surface area contributed by atoms with Gasteiger partial charge in [0.2, 0.25) is 0 Å². The lowest BCUT2D eigenvalue weighted by molar-refractivity contribution is 0.601. The molecule has 0 atom stereocenters. The van der Waals surface area contributed by atoms with E-state index < -0.39 is 10.0 Å². The van der Waals surface area contributed by atoms with Crippen LogP contribution in [0.4, 0.5) is 5.69 Å². The molecule has 1 N–H and O–H groups in total. The van der Waals surface area contributed by atoms with Gasteiger partial charge >= 0.3 is 0 Å². The van der Waals surface area contributed by atoms with Gasteiger partial charge in [0.25, 0.3) is 10.0 Å². The molecule has 20 heavy (non-hydrogen) atoms. The second kappa shape index (κ2) is 5.50. The second-order valence-electron chi connectivity index (χ2n) is 4.85. The van der Waals surface area contributed by atoms with Crippen molar-refractivity contribution in [3.05, 3.63) is 43.6 Å². The number of aryl methyl sites for hydroxylation is 4. The van der Waals surface area contributed by atoms with Crippen LogP contribution in [0.25, 0.3) is 0 Å². The van der Waals surface area contributed by atoms with Gasteiger partial charge in [-0.1, -0.05) is 17.7 Å². The Morgan fingerprint density at radius 2 is 1.60 bits per heavy atom. The Bertz CT molecular complexity index is 740. The predicted molar refractivity (Wildman–Crippen MR) is 88.2 cm³/mol. The van der Waals surface area contributed by atoms with E-state index in [1.165, 1.54) is 11.3 Å². The van der Waals surface area contributed by atoms with E-state index in [0.29, 0.717) is 10.6 Å². The van der Waals surface area contributed by atoms with Crippen molar-refractivity contribution < 1.29 is 8.42 Å². The van der Waals surface area contributed by atoms with E-state index in [-0.39, 0.29) is 0 Å². The fourth-order valence-electron chi connectivity index (χ4n) is 2.23. The van der Waals surface area contributed by atoms with Crippen molar-refractivity contribution in [3.8, 4) is 0 Å². The van der Waals surface area contributed by atoms with Crippen LogP contribution in [0.3, 0.4) is 0 Å². The van der Waals surface area contributed by atoms with Crippen LogP contribution < -0.4 is 4.72 Å². The Morgan fingerprint density at radius 3 is 2.05 bits per heavy atom. The largest absolute Gasteiger partial charge is 0.279 e. The van der Waals surface area contributed by atoms with Crippen LogP contribution in [0.2, 0.25) is 0 Å². The SMILES string of the molecule is Cc1cc(C)c(NS(=O)(=O)c2cc(Br)sc2C)c(C)c1. The lowest BCUT2D eigenvalue weighted by Crippen LogP contribution is -2.15. The van der Waals surface area contributed by atoms with Crippen molar-refractivity contribution in [2.45, 2.75) is 32.6 Å². The summed E-state index contributed by atoms with van der Waals surface area (Å²) < 4.78 is 28.5. The summed E-state index contributed by atoms with van der Waals surface area (Å²) in [5, 5.41) is 0. The van der Waals surface area contributed by atoms with Gasteiger partial charge in [-0.2, -0.15) is 0 Å². The molecular weight excluding hydrogens is 358 g/mol. The maximum absolute atomic E-state index is 12.5. The summed E-state index contributed by atoms with van der Waals surface area (Å²) in [7, 11) is -3.55. The van der Waals surface area contributed by atoms with E-state index in [1.54, 1.807) is 13.0 Å². The number of benzene rings is 1. The lowest BCUT2D eigenvalue weighted by Gasteiger charge is -2.14. The molecule has 6 heteroatoms. The maximum atomic E-state index is 12.5. The van der Waals surface area contributed by atoms with E-state index in [9.17, 15) is 8.42 Å². The highest BCUT2D eigenvalue weighted by molar-refractivity contribution is 9.11. The first kappa shape index (κ1) is 15.5. The fraction of sp³-hybridized carbons (Fsp3) is 0.286. The van der Waals surface area contributed by atoms with Crippen molar-refractivity contribution in [1.82, 2.24) is 0 Å². The molecule has 2 aromatic rings. The summed E-state index contributed by atoms with van der Waals surface area (Å²) in [6, 6.07) is 5.59. The molecule has 0 aliphatic carbocycles. The van der Waals surface area contributed by atoms with Crippen LogP contribution in [0.15, 0.2) is 26.9 Å². The molecule has 0 radical (unpaired) electrons. The Balaban J connectivity index is 2.46.